The Bertz CT molecular complexity index is 256. The molecule has 0 rings (SSSR count). The maximum absolute atomic E-state index is 11.6. The summed E-state index contributed by atoms with van der Waals surface area (Å²) in [7, 11) is 1.57. The molecule has 6 heteroatoms. The number of carbonyl (C=O) groups excluding carboxylic acids is 1. The van der Waals surface area contributed by atoms with Gasteiger partial charge in [0, 0.05) is 13.2 Å². The molecule has 0 aromatic heterocycles. The molecular weight excluding hydrogens is 224 g/mol. The molecule has 100 valence electrons. The monoisotopic (exact) mass is 246 g/mol. The third-order valence-electron chi connectivity index (χ3n) is 2.33. The van der Waals surface area contributed by atoms with E-state index in [9.17, 15) is 9.59 Å². The van der Waals surface area contributed by atoms with Gasteiger partial charge >= 0.3 is 12.0 Å². The third kappa shape index (κ3) is 7.57. The Morgan fingerprint density at radius 3 is 2.24 bits per heavy atom. The molecule has 0 radical (unpaired) electrons. The minimum Gasteiger partial charge on any atom is -0.481 e. The number of methoxy groups -OCH3 is 1. The van der Waals surface area contributed by atoms with Gasteiger partial charge in [0.1, 0.15) is 0 Å². The maximum Gasteiger partial charge on any atom is 0.315 e. The van der Waals surface area contributed by atoms with Crippen LogP contribution < -0.4 is 10.6 Å². The van der Waals surface area contributed by atoms with E-state index in [0.717, 1.165) is 0 Å². The minimum absolute atomic E-state index is 0.0861. The smallest absolute Gasteiger partial charge is 0.315 e. The van der Waals surface area contributed by atoms with Crippen LogP contribution in [0.3, 0.4) is 0 Å². The van der Waals surface area contributed by atoms with Crippen molar-refractivity contribution in [3.05, 3.63) is 0 Å². The highest BCUT2D eigenvalue weighted by molar-refractivity contribution is 5.75. The number of nitrogens with one attached hydrogen (secondary N) is 2. The Kier molecular flexibility index (Phi) is 7.29. The standard InChI is InChI=1S/C11H22N2O4/c1-7(2)9(6-17-4)13-11(16)12-8(3)5-10(14)15/h7-9H,5-6H2,1-4H3,(H,14,15)(H2,12,13,16). The first-order chi connectivity index (χ1) is 7.86. The van der Waals surface area contributed by atoms with Crippen molar-refractivity contribution in [2.24, 2.45) is 5.92 Å². The number of urea groups is 1. The lowest BCUT2D eigenvalue weighted by Crippen LogP contribution is -2.49. The molecule has 2 atom stereocenters. The summed E-state index contributed by atoms with van der Waals surface area (Å²) in [6.45, 7) is 6.03. The molecule has 0 aromatic carbocycles. The summed E-state index contributed by atoms with van der Waals surface area (Å²) < 4.78 is 5.00. The molecule has 0 spiro atoms. The lowest BCUT2D eigenvalue weighted by atomic mass is 10.1. The Labute approximate surface area is 102 Å². The van der Waals surface area contributed by atoms with Gasteiger partial charge in [0.05, 0.1) is 19.1 Å². The van der Waals surface area contributed by atoms with Crippen molar-refractivity contribution < 1.29 is 19.4 Å². The Morgan fingerprint density at radius 1 is 1.24 bits per heavy atom. The molecule has 0 aliphatic heterocycles. The van der Waals surface area contributed by atoms with E-state index in [1.165, 1.54) is 0 Å². The highest BCUT2D eigenvalue weighted by Gasteiger charge is 2.17. The number of hydrogen-bond donors (Lipinski definition) is 3. The highest BCUT2D eigenvalue weighted by atomic mass is 16.5. The van der Waals surface area contributed by atoms with E-state index < -0.39 is 12.0 Å². The fraction of sp³-hybridized carbons (Fsp3) is 0.818. The molecule has 0 bridgehead atoms. The highest BCUT2D eigenvalue weighted by Crippen LogP contribution is 2.01. The second-order valence-electron chi connectivity index (χ2n) is 4.42. The van der Waals surface area contributed by atoms with Crippen LogP contribution in [0, 0.1) is 5.92 Å². The fourth-order valence-corrected chi connectivity index (χ4v) is 1.33. The number of amides is 2. The molecule has 2 unspecified atom stereocenters. The van der Waals surface area contributed by atoms with Crippen molar-refractivity contribution in [3.63, 3.8) is 0 Å². The first-order valence-corrected chi connectivity index (χ1v) is 5.64. The van der Waals surface area contributed by atoms with Crippen LogP contribution in [0.5, 0.6) is 0 Å². The number of carboxylic acid groups (broad SMARTS) is 1. The second kappa shape index (κ2) is 7.89. The number of rotatable bonds is 7. The number of carboxylic acids is 1. The van der Waals surface area contributed by atoms with Gasteiger partial charge in [0.15, 0.2) is 0 Å². The second-order valence-corrected chi connectivity index (χ2v) is 4.42. The average molecular weight is 246 g/mol. The van der Waals surface area contributed by atoms with E-state index in [4.69, 9.17) is 9.84 Å². The molecule has 0 saturated heterocycles. The maximum atomic E-state index is 11.6. The molecule has 0 aliphatic rings. The van der Waals surface area contributed by atoms with Gasteiger partial charge in [-0.3, -0.25) is 4.79 Å². The minimum atomic E-state index is -0.935. The van der Waals surface area contributed by atoms with E-state index in [0.29, 0.717) is 6.61 Å². The van der Waals surface area contributed by atoms with E-state index in [-0.39, 0.29) is 24.4 Å². The van der Waals surface area contributed by atoms with E-state index >= 15 is 0 Å². The largest absolute Gasteiger partial charge is 0.481 e. The topological polar surface area (TPSA) is 87.7 Å². The predicted molar refractivity (Wildman–Crippen MR) is 63.9 cm³/mol. The summed E-state index contributed by atoms with van der Waals surface area (Å²) >= 11 is 0. The summed E-state index contributed by atoms with van der Waals surface area (Å²) in [5.74, 6) is -0.689. The summed E-state index contributed by atoms with van der Waals surface area (Å²) in [4.78, 5) is 22.0. The zero-order chi connectivity index (χ0) is 13.4. The predicted octanol–water partition coefficient (Wildman–Crippen LogP) is 0.820. The normalized spacial score (nSPS) is 14.2. The SMILES string of the molecule is COCC(NC(=O)NC(C)CC(=O)O)C(C)C. The number of carbonyl (C=O) groups is 2. The van der Waals surface area contributed by atoms with Gasteiger partial charge in [0.2, 0.25) is 0 Å². The van der Waals surface area contributed by atoms with Crippen LogP contribution in [0.15, 0.2) is 0 Å². The van der Waals surface area contributed by atoms with Gasteiger partial charge < -0.3 is 20.5 Å². The van der Waals surface area contributed by atoms with Gasteiger partial charge in [0.25, 0.3) is 0 Å². The molecule has 0 aromatic rings. The van der Waals surface area contributed by atoms with E-state index in [1.54, 1.807) is 14.0 Å². The lowest BCUT2D eigenvalue weighted by molar-refractivity contribution is -0.137. The van der Waals surface area contributed by atoms with Gasteiger partial charge in [-0.2, -0.15) is 0 Å². The lowest BCUT2D eigenvalue weighted by Gasteiger charge is -2.22. The summed E-state index contributed by atoms with van der Waals surface area (Å²) in [6, 6.07) is -0.852. The van der Waals surface area contributed by atoms with Crippen LogP contribution in [-0.2, 0) is 9.53 Å². The quantitative estimate of drug-likeness (QED) is 0.620. The van der Waals surface area contributed by atoms with Gasteiger partial charge in [-0.1, -0.05) is 13.8 Å². The van der Waals surface area contributed by atoms with Crippen LogP contribution in [0.4, 0.5) is 4.79 Å². The molecule has 0 heterocycles. The van der Waals surface area contributed by atoms with Crippen LogP contribution in [0.25, 0.3) is 0 Å². The van der Waals surface area contributed by atoms with Gasteiger partial charge in [-0.05, 0) is 12.8 Å². The van der Waals surface area contributed by atoms with Crippen molar-refractivity contribution in [2.45, 2.75) is 39.3 Å². The summed E-state index contributed by atoms with van der Waals surface area (Å²) in [5, 5.41) is 13.9. The van der Waals surface area contributed by atoms with E-state index in [1.807, 2.05) is 13.8 Å². The van der Waals surface area contributed by atoms with Crippen molar-refractivity contribution >= 4 is 12.0 Å². The third-order valence-corrected chi connectivity index (χ3v) is 2.33. The van der Waals surface area contributed by atoms with Crippen LogP contribution >= 0.6 is 0 Å². The molecule has 3 N–H and O–H groups in total. The molecule has 6 nitrogen and oxygen atoms in total. The van der Waals surface area contributed by atoms with Gasteiger partial charge in [-0.25, -0.2) is 4.79 Å². The molecule has 2 amide bonds. The number of ether oxygens (including phenoxy) is 1. The summed E-state index contributed by atoms with van der Waals surface area (Å²) in [6.07, 6.45) is -0.0932. The first-order valence-electron chi connectivity index (χ1n) is 5.64. The van der Waals surface area contributed by atoms with Crippen LogP contribution in [0.2, 0.25) is 0 Å². The molecule has 0 fully saturated rings. The van der Waals surface area contributed by atoms with Crippen molar-refractivity contribution in [1.82, 2.24) is 10.6 Å². The molecule has 17 heavy (non-hydrogen) atoms. The van der Waals surface area contributed by atoms with Crippen molar-refractivity contribution in [2.75, 3.05) is 13.7 Å². The first kappa shape index (κ1) is 15.7. The molecule has 0 aliphatic carbocycles. The summed E-state index contributed by atoms with van der Waals surface area (Å²) in [5.41, 5.74) is 0. The van der Waals surface area contributed by atoms with Crippen molar-refractivity contribution in [3.8, 4) is 0 Å². The van der Waals surface area contributed by atoms with E-state index in [2.05, 4.69) is 10.6 Å². The van der Waals surface area contributed by atoms with Crippen LogP contribution in [0.1, 0.15) is 27.2 Å². The number of aliphatic carboxylic acids is 1. The Hall–Kier alpha value is -1.30. The van der Waals surface area contributed by atoms with Gasteiger partial charge in [-0.15, -0.1) is 0 Å². The Balaban J connectivity index is 4.09. The van der Waals surface area contributed by atoms with Crippen molar-refractivity contribution in [1.29, 1.82) is 0 Å². The molecule has 0 saturated carbocycles. The zero-order valence-electron chi connectivity index (χ0n) is 10.8. The zero-order valence-corrected chi connectivity index (χ0v) is 10.8. The molecular formula is C11H22N2O4. The van der Waals surface area contributed by atoms with Crippen LogP contribution in [-0.4, -0.2) is 42.9 Å². The number of hydrogen-bond acceptors (Lipinski definition) is 3. The average Bonchev–Trinajstić information content (AvgIpc) is 2.14. The Morgan fingerprint density at radius 2 is 1.82 bits per heavy atom. The fourth-order valence-electron chi connectivity index (χ4n) is 1.33.